The normalized spacial score (nSPS) is 14.9. The first-order valence-electron chi connectivity index (χ1n) is 14.0. The van der Waals surface area contributed by atoms with Crippen molar-refractivity contribution in [2.45, 2.75) is 57.5 Å². The first kappa shape index (κ1) is 32.3. The Morgan fingerprint density at radius 1 is 0.975 bits per heavy atom. The van der Waals surface area contributed by atoms with Gasteiger partial charge < -0.3 is 14.5 Å². The Balaban J connectivity index is 0.00000441. The monoisotopic (exact) mass is 602 g/mol. The number of nitrogens with zero attached hydrogens (tertiary/aromatic N) is 2. The van der Waals surface area contributed by atoms with Crippen LogP contribution in [0.4, 0.5) is 0 Å². The van der Waals surface area contributed by atoms with Gasteiger partial charge in [-0.1, -0.05) is 71.7 Å². The van der Waals surface area contributed by atoms with E-state index in [4.69, 9.17) is 27.9 Å². The molecule has 1 unspecified atom stereocenters. The lowest BCUT2D eigenvalue weighted by Gasteiger charge is -2.34. The molecule has 1 saturated heterocycles. The number of hydrogen-bond acceptors (Lipinski definition) is 3. The Hall–Kier alpha value is -2.24. The average Bonchev–Trinajstić information content (AvgIpc) is 2.93. The van der Waals surface area contributed by atoms with Gasteiger partial charge in [0, 0.05) is 19.5 Å². The zero-order valence-electron chi connectivity index (χ0n) is 23.7. The number of likely N-dealkylation sites (tertiary alicyclic amines) is 1. The van der Waals surface area contributed by atoms with Crippen LogP contribution in [0.15, 0.2) is 72.8 Å². The minimum absolute atomic E-state index is 0. The van der Waals surface area contributed by atoms with Crippen molar-refractivity contribution in [2.24, 2.45) is 0 Å². The predicted molar refractivity (Wildman–Crippen MR) is 169 cm³/mol. The van der Waals surface area contributed by atoms with Crippen molar-refractivity contribution in [1.29, 1.82) is 0 Å². The molecule has 4 nitrogen and oxygen atoms in total. The molecule has 0 aliphatic carbocycles. The summed E-state index contributed by atoms with van der Waals surface area (Å²) in [6.07, 6.45) is 3.74. The van der Waals surface area contributed by atoms with Crippen LogP contribution in [0.2, 0.25) is 10.0 Å². The van der Waals surface area contributed by atoms with E-state index in [1.165, 1.54) is 18.4 Å². The van der Waals surface area contributed by atoms with Crippen LogP contribution in [0.25, 0.3) is 0 Å². The fourth-order valence-corrected chi connectivity index (χ4v) is 5.73. The Kier molecular flexibility index (Phi) is 12.6. The van der Waals surface area contributed by atoms with Crippen LogP contribution in [-0.4, -0.2) is 55.0 Å². The maximum absolute atomic E-state index is 13.2. The molecule has 3 aromatic carbocycles. The molecule has 0 spiro atoms. The minimum Gasteiger partial charge on any atom is -0.491 e. The van der Waals surface area contributed by atoms with E-state index in [1.807, 2.05) is 68.3 Å². The molecule has 1 fully saturated rings. The molecule has 40 heavy (non-hydrogen) atoms. The number of hydrogen-bond donors (Lipinski definition) is 0. The van der Waals surface area contributed by atoms with Gasteiger partial charge in [-0.05, 0) is 99.6 Å². The molecule has 1 atom stereocenters. The summed E-state index contributed by atoms with van der Waals surface area (Å²) >= 11 is 12.6. The summed E-state index contributed by atoms with van der Waals surface area (Å²) in [5.41, 5.74) is 3.53. The Bertz CT molecular complexity index is 1210. The second-order valence-corrected chi connectivity index (χ2v) is 11.8. The lowest BCUT2D eigenvalue weighted by molar-refractivity contribution is -0.129. The molecule has 1 aliphatic rings. The van der Waals surface area contributed by atoms with Crippen LogP contribution in [0.5, 0.6) is 5.75 Å². The molecular formula is C33H41Cl3N2O2. The molecule has 0 N–H and O–H groups in total. The van der Waals surface area contributed by atoms with Crippen molar-refractivity contribution in [1.82, 2.24) is 9.80 Å². The van der Waals surface area contributed by atoms with E-state index in [-0.39, 0.29) is 30.3 Å². The summed E-state index contributed by atoms with van der Waals surface area (Å²) in [6, 6.07) is 24.5. The van der Waals surface area contributed by atoms with Gasteiger partial charge in [-0.15, -0.1) is 12.4 Å². The van der Waals surface area contributed by atoms with Crippen molar-refractivity contribution < 1.29 is 9.53 Å². The number of carbonyl (C=O) groups excluding carboxylic acids is 1. The lowest BCUT2D eigenvalue weighted by atomic mass is 9.89. The third-order valence-corrected chi connectivity index (χ3v) is 8.35. The highest BCUT2D eigenvalue weighted by Gasteiger charge is 2.23. The summed E-state index contributed by atoms with van der Waals surface area (Å²) in [5.74, 6) is 1.69. The number of rotatable bonds is 11. The molecule has 1 amide bonds. The third kappa shape index (κ3) is 9.41. The quantitative estimate of drug-likeness (QED) is 0.221. The van der Waals surface area contributed by atoms with Crippen LogP contribution >= 0.6 is 35.6 Å². The number of halogens is 3. The average molecular weight is 604 g/mol. The lowest BCUT2D eigenvalue weighted by Crippen LogP contribution is -2.36. The number of carbonyl (C=O) groups is 1. The van der Waals surface area contributed by atoms with Gasteiger partial charge in [-0.25, -0.2) is 0 Å². The summed E-state index contributed by atoms with van der Waals surface area (Å²) in [5, 5.41) is 1.11. The molecule has 4 rings (SSSR count). The second kappa shape index (κ2) is 15.7. The van der Waals surface area contributed by atoms with E-state index in [0.717, 1.165) is 42.9 Å². The summed E-state index contributed by atoms with van der Waals surface area (Å²) in [7, 11) is 1.90. The van der Waals surface area contributed by atoms with Crippen molar-refractivity contribution in [3.8, 4) is 5.75 Å². The minimum atomic E-state index is 0. The number of ether oxygens (including phenoxy) is 1. The Labute approximate surface area is 256 Å². The van der Waals surface area contributed by atoms with Crippen molar-refractivity contribution in [3.05, 3.63) is 99.5 Å². The smallest absolute Gasteiger partial charge is 0.226 e. The first-order valence-corrected chi connectivity index (χ1v) is 14.8. The van der Waals surface area contributed by atoms with E-state index in [1.54, 1.807) is 0 Å². The fourth-order valence-electron chi connectivity index (χ4n) is 5.43. The molecule has 0 radical (unpaired) electrons. The van der Waals surface area contributed by atoms with Gasteiger partial charge >= 0.3 is 0 Å². The van der Waals surface area contributed by atoms with Gasteiger partial charge in [-0.3, -0.25) is 4.79 Å². The van der Waals surface area contributed by atoms with Crippen LogP contribution in [0.3, 0.4) is 0 Å². The van der Waals surface area contributed by atoms with E-state index in [2.05, 4.69) is 35.2 Å². The Morgan fingerprint density at radius 3 is 2.38 bits per heavy atom. The first-order chi connectivity index (χ1) is 18.8. The van der Waals surface area contributed by atoms with Crippen molar-refractivity contribution >= 4 is 41.5 Å². The molecule has 1 heterocycles. The summed E-state index contributed by atoms with van der Waals surface area (Å²) < 4.78 is 5.81. The zero-order chi connectivity index (χ0) is 27.8. The van der Waals surface area contributed by atoms with Crippen LogP contribution in [-0.2, 0) is 11.2 Å². The van der Waals surface area contributed by atoms with E-state index in [0.29, 0.717) is 28.9 Å². The van der Waals surface area contributed by atoms with Gasteiger partial charge in [-0.2, -0.15) is 0 Å². The van der Waals surface area contributed by atoms with E-state index in [9.17, 15) is 4.79 Å². The third-order valence-electron chi connectivity index (χ3n) is 7.61. The van der Waals surface area contributed by atoms with Gasteiger partial charge in [0.1, 0.15) is 5.75 Å². The summed E-state index contributed by atoms with van der Waals surface area (Å²) in [6.45, 7) is 7.80. The SMILES string of the molecule is CC(C)Oc1cccc(CC(=O)N(C)CC(CCN2CCC(c3ccccc3)CC2)c2ccc(Cl)c(Cl)c2)c1.Cl. The fraction of sp³-hybridized carbons (Fsp3) is 0.424. The molecular weight excluding hydrogens is 563 g/mol. The van der Waals surface area contributed by atoms with Crippen LogP contribution in [0.1, 0.15) is 61.6 Å². The summed E-state index contributed by atoms with van der Waals surface area (Å²) in [4.78, 5) is 17.7. The Morgan fingerprint density at radius 2 is 1.70 bits per heavy atom. The highest BCUT2D eigenvalue weighted by Crippen LogP contribution is 2.31. The molecule has 1 aliphatic heterocycles. The maximum atomic E-state index is 13.2. The van der Waals surface area contributed by atoms with Gasteiger partial charge in [0.2, 0.25) is 5.91 Å². The van der Waals surface area contributed by atoms with Gasteiger partial charge in [0.15, 0.2) is 0 Å². The second-order valence-electron chi connectivity index (χ2n) is 11.0. The topological polar surface area (TPSA) is 32.8 Å². The zero-order valence-corrected chi connectivity index (χ0v) is 26.0. The van der Waals surface area contributed by atoms with Crippen molar-refractivity contribution in [3.63, 3.8) is 0 Å². The molecule has 216 valence electrons. The van der Waals surface area contributed by atoms with Gasteiger partial charge in [0.25, 0.3) is 0 Å². The van der Waals surface area contributed by atoms with Crippen LogP contribution in [0, 0.1) is 0 Å². The predicted octanol–water partition coefficient (Wildman–Crippen LogP) is 8.26. The number of amides is 1. The highest BCUT2D eigenvalue weighted by molar-refractivity contribution is 6.42. The van der Waals surface area contributed by atoms with Crippen molar-refractivity contribution in [2.75, 3.05) is 33.2 Å². The van der Waals surface area contributed by atoms with Crippen LogP contribution < -0.4 is 4.74 Å². The molecule has 3 aromatic rings. The molecule has 7 heteroatoms. The largest absolute Gasteiger partial charge is 0.491 e. The number of benzene rings is 3. The number of likely N-dealkylation sites (N-methyl/N-ethyl adjacent to an activating group) is 1. The van der Waals surface area contributed by atoms with E-state index < -0.39 is 0 Å². The molecule has 0 bridgehead atoms. The molecule has 0 saturated carbocycles. The highest BCUT2D eigenvalue weighted by atomic mass is 35.5. The number of piperidine rings is 1. The van der Waals surface area contributed by atoms with E-state index >= 15 is 0 Å². The van der Waals surface area contributed by atoms with Gasteiger partial charge in [0.05, 0.1) is 22.6 Å². The molecule has 0 aromatic heterocycles. The standard InChI is InChI=1S/C33H40Cl2N2O2.ClH/c1-24(2)39-30-11-7-8-25(20-30)21-33(38)36(3)23-29(28-12-13-31(34)32(35)22-28)16-19-37-17-14-27(15-18-37)26-9-5-4-6-10-26;/h4-13,20,22,24,27,29H,14-19,21,23H2,1-3H3;1H. The maximum Gasteiger partial charge on any atom is 0.226 e.